The number of amides is 2. The molecule has 2 amide bonds. The number of aldehydes is 1. The second-order valence-corrected chi connectivity index (χ2v) is 7.62. The predicted octanol–water partition coefficient (Wildman–Crippen LogP) is 4.45. The normalized spacial score (nSPS) is 14.6. The van der Waals surface area contributed by atoms with Gasteiger partial charge in [0.25, 0.3) is 11.1 Å². The molecular formula is C17H11Br2NO5S. The minimum absolute atomic E-state index is 0.127. The summed E-state index contributed by atoms with van der Waals surface area (Å²) >= 11 is 7.11. The van der Waals surface area contributed by atoms with Crippen LogP contribution in [0.5, 0.6) is 11.5 Å². The standard InChI is InChI=1S/C10H6BrNO3S.C7H5BrO2/c11-6-3-5(1-2-7(6)13)4-8-9(14)12-10(15)16-8;8-6-3-5(4-9)1-2-7(6)10/h1-4,13H,(H,12,14,15);1-4,10H/b8-4-;. The Labute approximate surface area is 169 Å². The molecule has 1 aliphatic rings. The van der Waals surface area contributed by atoms with Crippen LogP contribution in [0.15, 0.2) is 50.2 Å². The lowest BCUT2D eigenvalue weighted by Crippen LogP contribution is -2.17. The molecule has 2 aromatic carbocycles. The number of phenolic OH excluding ortho intramolecular Hbond substituents is 2. The van der Waals surface area contributed by atoms with Crippen molar-refractivity contribution in [1.29, 1.82) is 0 Å². The highest BCUT2D eigenvalue weighted by atomic mass is 79.9. The summed E-state index contributed by atoms with van der Waals surface area (Å²) in [5.41, 5.74) is 1.28. The van der Waals surface area contributed by atoms with Gasteiger partial charge >= 0.3 is 0 Å². The van der Waals surface area contributed by atoms with E-state index in [1.165, 1.54) is 12.1 Å². The first kappa shape index (κ1) is 20.2. The van der Waals surface area contributed by atoms with Crippen LogP contribution in [-0.4, -0.2) is 27.6 Å². The van der Waals surface area contributed by atoms with Crippen LogP contribution in [0.1, 0.15) is 15.9 Å². The van der Waals surface area contributed by atoms with Crippen molar-refractivity contribution in [3.05, 3.63) is 61.4 Å². The second kappa shape index (κ2) is 9.02. The summed E-state index contributed by atoms with van der Waals surface area (Å²) in [6, 6.07) is 9.40. The van der Waals surface area contributed by atoms with E-state index >= 15 is 0 Å². The first-order valence-electron chi connectivity index (χ1n) is 6.97. The summed E-state index contributed by atoms with van der Waals surface area (Å²) in [4.78, 5) is 32.7. The fourth-order valence-corrected chi connectivity index (χ4v) is 3.26. The maximum absolute atomic E-state index is 11.3. The van der Waals surface area contributed by atoms with E-state index in [1.54, 1.807) is 30.3 Å². The van der Waals surface area contributed by atoms with E-state index in [2.05, 4.69) is 37.2 Å². The Morgan fingerprint density at radius 1 is 0.923 bits per heavy atom. The van der Waals surface area contributed by atoms with Crippen LogP contribution in [0.2, 0.25) is 0 Å². The number of nitrogens with one attached hydrogen (secondary N) is 1. The van der Waals surface area contributed by atoms with E-state index in [1.807, 2.05) is 0 Å². The zero-order valence-corrected chi connectivity index (χ0v) is 16.9. The molecule has 0 saturated carbocycles. The minimum Gasteiger partial charge on any atom is -0.507 e. The molecule has 1 fully saturated rings. The Morgan fingerprint density at radius 2 is 1.46 bits per heavy atom. The lowest BCUT2D eigenvalue weighted by Gasteiger charge is -1.98. The minimum atomic E-state index is -0.390. The van der Waals surface area contributed by atoms with E-state index in [0.717, 1.165) is 23.6 Å². The Bertz CT molecular complexity index is 914. The first-order chi connectivity index (χ1) is 12.3. The van der Waals surface area contributed by atoms with Crippen LogP contribution in [0, 0.1) is 0 Å². The first-order valence-corrected chi connectivity index (χ1v) is 9.37. The van der Waals surface area contributed by atoms with Gasteiger partial charge in [-0.15, -0.1) is 0 Å². The molecule has 1 aliphatic heterocycles. The maximum Gasteiger partial charge on any atom is 0.290 e. The lowest BCUT2D eigenvalue weighted by molar-refractivity contribution is -0.115. The topological polar surface area (TPSA) is 104 Å². The van der Waals surface area contributed by atoms with Gasteiger partial charge in [-0.1, -0.05) is 6.07 Å². The number of carbonyl (C=O) groups is 3. The summed E-state index contributed by atoms with van der Waals surface area (Å²) in [7, 11) is 0. The van der Waals surface area contributed by atoms with Crippen molar-refractivity contribution in [2.75, 3.05) is 0 Å². The Kier molecular flexibility index (Phi) is 7.01. The van der Waals surface area contributed by atoms with Gasteiger partial charge < -0.3 is 10.2 Å². The molecule has 3 N–H and O–H groups in total. The Balaban J connectivity index is 0.000000209. The Morgan fingerprint density at radius 3 is 1.92 bits per heavy atom. The third-order valence-electron chi connectivity index (χ3n) is 3.02. The van der Waals surface area contributed by atoms with E-state index in [4.69, 9.17) is 5.11 Å². The SMILES string of the molecule is O=C1NC(=O)/C(=C/c2ccc(O)c(Br)c2)S1.O=Cc1ccc(O)c(Br)c1. The monoisotopic (exact) mass is 499 g/mol. The molecule has 1 saturated heterocycles. The molecule has 6 nitrogen and oxygen atoms in total. The number of benzene rings is 2. The molecule has 1 heterocycles. The smallest absolute Gasteiger partial charge is 0.290 e. The van der Waals surface area contributed by atoms with Crippen molar-refractivity contribution in [3.8, 4) is 11.5 Å². The molecule has 0 atom stereocenters. The highest BCUT2D eigenvalue weighted by Gasteiger charge is 2.24. The van der Waals surface area contributed by atoms with Crippen molar-refractivity contribution < 1.29 is 24.6 Å². The van der Waals surface area contributed by atoms with Gasteiger partial charge in [0.1, 0.15) is 17.8 Å². The van der Waals surface area contributed by atoms with Crippen LogP contribution in [-0.2, 0) is 4.79 Å². The molecular weight excluding hydrogens is 490 g/mol. The molecule has 0 bridgehead atoms. The van der Waals surface area contributed by atoms with Crippen molar-refractivity contribution in [3.63, 3.8) is 0 Å². The van der Waals surface area contributed by atoms with Gasteiger partial charge in [-0.2, -0.15) is 0 Å². The van der Waals surface area contributed by atoms with Crippen molar-refractivity contribution >= 4 is 67.1 Å². The quantitative estimate of drug-likeness (QED) is 0.416. The molecule has 0 radical (unpaired) electrons. The van der Waals surface area contributed by atoms with E-state index < -0.39 is 0 Å². The summed E-state index contributed by atoms with van der Waals surface area (Å²) in [5.74, 6) is -0.119. The summed E-state index contributed by atoms with van der Waals surface area (Å²) < 4.78 is 1.08. The lowest BCUT2D eigenvalue weighted by atomic mass is 10.2. The molecule has 3 rings (SSSR count). The van der Waals surface area contributed by atoms with Crippen LogP contribution in [0.3, 0.4) is 0 Å². The van der Waals surface area contributed by atoms with E-state index in [-0.39, 0.29) is 22.6 Å². The maximum atomic E-state index is 11.3. The zero-order chi connectivity index (χ0) is 19.3. The van der Waals surface area contributed by atoms with Gasteiger partial charge in [0.05, 0.1) is 13.9 Å². The van der Waals surface area contributed by atoms with Gasteiger partial charge in [-0.05, 0) is 85.6 Å². The van der Waals surface area contributed by atoms with Gasteiger partial charge in [0.15, 0.2) is 0 Å². The predicted molar refractivity (Wildman–Crippen MR) is 106 cm³/mol. The van der Waals surface area contributed by atoms with Gasteiger partial charge in [0, 0.05) is 5.56 Å². The number of hydrogen-bond acceptors (Lipinski definition) is 6. The van der Waals surface area contributed by atoms with Crippen molar-refractivity contribution in [1.82, 2.24) is 5.32 Å². The fourth-order valence-electron chi connectivity index (χ4n) is 1.78. The summed E-state index contributed by atoms with van der Waals surface area (Å²) in [6.07, 6.45) is 2.32. The number of phenols is 2. The molecule has 2 aromatic rings. The van der Waals surface area contributed by atoms with Crippen LogP contribution in [0.4, 0.5) is 4.79 Å². The fraction of sp³-hybridized carbons (Fsp3) is 0. The third kappa shape index (κ3) is 5.45. The number of imide groups is 1. The molecule has 9 heteroatoms. The number of hydrogen-bond donors (Lipinski definition) is 3. The molecule has 26 heavy (non-hydrogen) atoms. The molecule has 0 spiro atoms. The van der Waals surface area contributed by atoms with Gasteiger partial charge in [0.2, 0.25) is 0 Å². The van der Waals surface area contributed by atoms with E-state index in [9.17, 15) is 19.5 Å². The number of halogens is 2. The number of thioether (sulfide) groups is 1. The van der Waals surface area contributed by atoms with Crippen LogP contribution >= 0.6 is 43.6 Å². The zero-order valence-electron chi connectivity index (χ0n) is 12.9. The average Bonchev–Trinajstić information content (AvgIpc) is 2.91. The van der Waals surface area contributed by atoms with Crippen molar-refractivity contribution in [2.24, 2.45) is 0 Å². The van der Waals surface area contributed by atoms with Crippen LogP contribution in [0.25, 0.3) is 6.08 Å². The molecule has 134 valence electrons. The third-order valence-corrected chi connectivity index (χ3v) is 5.10. The summed E-state index contributed by atoms with van der Waals surface area (Å²) in [6.45, 7) is 0. The largest absolute Gasteiger partial charge is 0.507 e. The number of aromatic hydroxyl groups is 2. The Hall–Kier alpha value is -2.10. The van der Waals surface area contributed by atoms with Crippen LogP contribution < -0.4 is 5.32 Å². The van der Waals surface area contributed by atoms with Crippen molar-refractivity contribution in [2.45, 2.75) is 0 Å². The summed E-state index contributed by atoms with van der Waals surface area (Å²) in [5, 5.41) is 20.1. The number of rotatable bonds is 2. The molecule has 0 aromatic heterocycles. The van der Waals surface area contributed by atoms with Gasteiger partial charge in [-0.25, -0.2) is 0 Å². The van der Waals surface area contributed by atoms with E-state index in [0.29, 0.717) is 19.4 Å². The highest BCUT2D eigenvalue weighted by molar-refractivity contribution is 9.10. The number of carbonyl (C=O) groups excluding carboxylic acids is 3. The average molecular weight is 501 g/mol. The molecule has 0 unspecified atom stereocenters. The second-order valence-electron chi connectivity index (χ2n) is 4.89. The highest BCUT2D eigenvalue weighted by Crippen LogP contribution is 2.29. The molecule has 0 aliphatic carbocycles. The van der Waals surface area contributed by atoms with Gasteiger partial charge in [-0.3, -0.25) is 19.7 Å².